The number of nitrogens with one attached hydrogen (secondary N) is 2. The van der Waals surface area contributed by atoms with Gasteiger partial charge in [-0.2, -0.15) is 0 Å². The number of fused-ring (bicyclic) bond motifs is 2. The molecule has 126 valence electrons. The van der Waals surface area contributed by atoms with E-state index in [4.69, 9.17) is 4.98 Å². The van der Waals surface area contributed by atoms with Crippen molar-refractivity contribution < 1.29 is 0 Å². The van der Waals surface area contributed by atoms with E-state index in [0.29, 0.717) is 0 Å². The molecule has 0 atom stereocenters. The second-order valence-electron chi connectivity index (χ2n) is 6.35. The largest absolute Gasteiger partial charge is 0.346 e. The fraction of sp³-hybridized carbons (Fsp3) is 0.0952. The van der Waals surface area contributed by atoms with Gasteiger partial charge >= 0.3 is 0 Å². The Kier molecular flexibility index (Phi) is 3.31. The van der Waals surface area contributed by atoms with Crippen LogP contribution in [0.25, 0.3) is 44.3 Å². The third-order valence-electron chi connectivity index (χ3n) is 4.75. The topological polar surface area (TPSA) is 70.2 Å². The van der Waals surface area contributed by atoms with Gasteiger partial charge in [-0.25, -0.2) is 9.97 Å². The molecule has 0 aliphatic heterocycles. The Labute approximate surface area is 150 Å². The number of H-pyrrole nitrogens is 2. The van der Waals surface area contributed by atoms with Gasteiger partial charge in [0.2, 0.25) is 0 Å². The zero-order valence-corrected chi connectivity index (χ0v) is 14.3. The molecule has 0 aromatic carbocycles. The van der Waals surface area contributed by atoms with Crippen LogP contribution in [0.4, 0.5) is 0 Å². The highest BCUT2D eigenvalue weighted by atomic mass is 14.8. The van der Waals surface area contributed by atoms with Crippen molar-refractivity contribution in [1.82, 2.24) is 24.9 Å². The zero-order valence-electron chi connectivity index (χ0n) is 14.3. The number of hydrogen-bond acceptors (Lipinski definition) is 3. The molecule has 26 heavy (non-hydrogen) atoms. The molecule has 0 fully saturated rings. The highest BCUT2D eigenvalue weighted by Crippen LogP contribution is 2.30. The molecule has 0 spiro atoms. The van der Waals surface area contributed by atoms with Crippen LogP contribution in [0.15, 0.2) is 61.3 Å². The highest BCUT2D eigenvalue weighted by molar-refractivity contribution is 5.85. The van der Waals surface area contributed by atoms with Gasteiger partial charge in [0.25, 0.3) is 0 Å². The summed E-state index contributed by atoms with van der Waals surface area (Å²) in [5.74, 6) is 0. The summed E-state index contributed by atoms with van der Waals surface area (Å²) in [6.45, 7) is 2.13. The summed E-state index contributed by atoms with van der Waals surface area (Å²) in [5, 5.41) is 2.20. The lowest BCUT2D eigenvalue weighted by molar-refractivity contribution is 1.04. The Balaban J connectivity index is 1.67. The van der Waals surface area contributed by atoms with E-state index in [2.05, 4.69) is 45.1 Å². The maximum absolute atomic E-state index is 4.71. The van der Waals surface area contributed by atoms with Crippen LogP contribution in [0.2, 0.25) is 0 Å². The number of hydrogen-bond donors (Lipinski definition) is 2. The van der Waals surface area contributed by atoms with Crippen molar-refractivity contribution in [2.45, 2.75) is 13.3 Å². The number of nitrogens with zero attached hydrogens (tertiary/aromatic N) is 3. The number of rotatable bonds is 3. The molecular formula is C21H17N5. The van der Waals surface area contributed by atoms with Crippen LogP contribution in [0.1, 0.15) is 12.6 Å². The molecule has 0 saturated heterocycles. The van der Waals surface area contributed by atoms with Gasteiger partial charge in [0.15, 0.2) is 0 Å². The number of aryl methyl sites for hydroxylation is 1. The third kappa shape index (κ3) is 2.37. The maximum atomic E-state index is 4.71. The van der Waals surface area contributed by atoms with Gasteiger partial charge in [-0.15, -0.1) is 0 Å². The van der Waals surface area contributed by atoms with Crippen LogP contribution in [0.3, 0.4) is 0 Å². The van der Waals surface area contributed by atoms with Gasteiger partial charge in [0.1, 0.15) is 11.3 Å². The van der Waals surface area contributed by atoms with Crippen LogP contribution < -0.4 is 0 Å². The van der Waals surface area contributed by atoms with Crippen molar-refractivity contribution in [2.24, 2.45) is 0 Å². The van der Waals surface area contributed by atoms with Crippen molar-refractivity contribution in [2.75, 3.05) is 0 Å². The molecular weight excluding hydrogens is 322 g/mol. The lowest BCUT2D eigenvalue weighted by Crippen LogP contribution is -1.95. The molecule has 0 saturated carbocycles. The summed E-state index contributed by atoms with van der Waals surface area (Å²) in [7, 11) is 0. The van der Waals surface area contributed by atoms with E-state index in [1.165, 1.54) is 0 Å². The van der Waals surface area contributed by atoms with E-state index in [1.807, 2.05) is 43.1 Å². The van der Waals surface area contributed by atoms with Crippen LogP contribution in [-0.2, 0) is 6.42 Å². The molecule has 2 N–H and O–H groups in total. The van der Waals surface area contributed by atoms with Crippen LogP contribution in [-0.4, -0.2) is 24.9 Å². The number of aromatic amines is 2. The summed E-state index contributed by atoms with van der Waals surface area (Å²) in [6, 6.07) is 10.6. The average molecular weight is 339 g/mol. The van der Waals surface area contributed by atoms with Gasteiger partial charge in [-0.05, 0) is 36.8 Å². The summed E-state index contributed by atoms with van der Waals surface area (Å²) >= 11 is 0. The molecule has 0 bridgehead atoms. The Hall–Kier alpha value is -3.47. The Morgan fingerprint density at radius 2 is 1.31 bits per heavy atom. The Bertz CT molecular complexity index is 1230. The molecule has 5 rings (SSSR count). The van der Waals surface area contributed by atoms with Gasteiger partial charge in [0.05, 0.1) is 0 Å². The predicted octanol–water partition coefficient (Wildman–Crippen LogP) is 4.73. The van der Waals surface area contributed by atoms with Crippen molar-refractivity contribution in [3.63, 3.8) is 0 Å². The van der Waals surface area contributed by atoms with Gasteiger partial charge in [0, 0.05) is 69.7 Å². The van der Waals surface area contributed by atoms with E-state index in [-0.39, 0.29) is 0 Å². The highest BCUT2D eigenvalue weighted by Gasteiger charge is 2.11. The normalized spacial score (nSPS) is 11.4. The molecule has 0 radical (unpaired) electrons. The van der Waals surface area contributed by atoms with Crippen molar-refractivity contribution in [1.29, 1.82) is 0 Å². The molecule has 0 aliphatic rings. The minimum Gasteiger partial charge on any atom is -0.346 e. The van der Waals surface area contributed by atoms with Crippen LogP contribution >= 0.6 is 0 Å². The minimum absolute atomic E-state index is 0.871. The standard InChI is InChI=1S/C21H17N5/c1-2-19-18(17-8-14-4-6-23-21(14)26-12-17)9-16(10-24-19)15-7-13-3-5-22-20(13)25-11-15/h3-12H,2H2,1H3,(H,22,25)(H,23,26). The monoisotopic (exact) mass is 339 g/mol. The first-order valence-corrected chi connectivity index (χ1v) is 8.68. The molecule has 5 heterocycles. The van der Waals surface area contributed by atoms with E-state index in [9.17, 15) is 0 Å². The molecule has 5 aromatic heterocycles. The fourth-order valence-corrected chi connectivity index (χ4v) is 3.37. The first kappa shape index (κ1) is 14.8. The van der Waals surface area contributed by atoms with E-state index in [1.54, 1.807) is 0 Å². The predicted molar refractivity (Wildman–Crippen MR) is 104 cm³/mol. The number of pyridine rings is 3. The smallest absolute Gasteiger partial charge is 0.137 e. The fourth-order valence-electron chi connectivity index (χ4n) is 3.37. The van der Waals surface area contributed by atoms with Crippen LogP contribution in [0, 0.1) is 0 Å². The molecule has 5 heteroatoms. The molecule has 5 aromatic rings. The summed E-state index contributed by atoms with van der Waals surface area (Å²) in [6.07, 6.45) is 10.4. The third-order valence-corrected chi connectivity index (χ3v) is 4.75. The lowest BCUT2D eigenvalue weighted by Gasteiger charge is -2.10. The minimum atomic E-state index is 0.871. The quantitative estimate of drug-likeness (QED) is 0.499. The summed E-state index contributed by atoms with van der Waals surface area (Å²) in [4.78, 5) is 20.0. The molecule has 0 unspecified atom stereocenters. The van der Waals surface area contributed by atoms with Crippen molar-refractivity contribution >= 4 is 22.1 Å². The van der Waals surface area contributed by atoms with E-state index < -0.39 is 0 Å². The van der Waals surface area contributed by atoms with Crippen molar-refractivity contribution in [3.8, 4) is 22.3 Å². The zero-order chi connectivity index (χ0) is 17.5. The second kappa shape index (κ2) is 5.81. The van der Waals surface area contributed by atoms with Gasteiger partial charge in [-0.1, -0.05) is 6.92 Å². The SMILES string of the molecule is CCc1ncc(-c2cnc3[nH]ccc3c2)cc1-c1cnc2[nH]ccc2c1. The van der Waals surface area contributed by atoms with Gasteiger partial charge in [-0.3, -0.25) is 4.98 Å². The van der Waals surface area contributed by atoms with Crippen molar-refractivity contribution in [3.05, 3.63) is 67.0 Å². The van der Waals surface area contributed by atoms with Crippen LogP contribution in [0.5, 0.6) is 0 Å². The number of aromatic nitrogens is 5. The Morgan fingerprint density at radius 3 is 2.00 bits per heavy atom. The first-order chi connectivity index (χ1) is 12.8. The Morgan fingerprint density at radius 1 is 0.731 bits per heavy atom. The molecule has 0 amide bonds. The summed E-state index contributed by atoms with van der Waals surface area (Å²) in [5.41, 5.74) is 7.19. The second-order valence-corrected chi connectivity index (χ2v) is 6.35. The summed E-state index contributed by atoms with van der Waals surface area (Å²) < 4.78 is 0. The first-order valence-electron chi connectivity index (χ1n) is 8.68. The van der Waals surface area contributed by atoms with E-state index >= 15 is 0 Å². The van der Waals surface area contributed by atoms with Gasteiger partial charge < -0.3 is 9.97 Å². The lowest BCUT2D eigenvalue weighted by atomic mass is 9.99. The molecule has 0 aliphatic carbocycles. The van der Waals surface area contributed by atoms with E-state index in [0.717, 1.165) is 56.4 Å². The average Bonchev–Trinajstić information content (AvgIpc) is 3.35. The molecule has 5 nitrogen and oxygen atoms in total. The maximum Gasteiger partial charge on any atom is 0.137 e.